The molecule has 1 amide bonds. The maximum absolute atomic E-state index is 12.2. The molecule has 0 aromatic heterocycles. The number of carbonyl (C=O) groups is 1. The van der Waals surface area contributed by atoms with Gasteiger partial charge in [-0.15, -0.1) is 12.4 Å². The molecule has 0 saturated heterocycles. The van der Waals surface area contributed by atoms with Crippen LogP contribution in [-0.2, 0) is 11.2 Å². The molecule has 1 rings (SSSR count). The van der Waals surface area contributed by atoms with E-state index in [0.29, 0.717) is 19.4 Å². The number of alkyl halides is 3. The van der Waals surface area contributed by atoms with Crippen molar-refractivity contribution in [2.45, 2.75) is 38.4 Å². The summed E-state index contributed by atoms with van der Waals surface area (Å²) in [5, 5.41) is 2.76. The van der Waals surface area contributed by atoms with E-state index >= 15 is 0 Å². The fourth-order valence-corrected chi connectivity index (χ4v) is 1.93. The van der Waals surface area contributed by atoms with E-state index in [1.54, 1.807) is 12.1 Å². The first kappa shape index (κ1) is 23.3. The monoisotopic (exact) mass is 384 g/mol. The summed E-state index contributed by atoms with van der Waals surface area (Å²) in [5.74, 6) is 0.112. The van der Waals surface area contributed by atoms with Gasteiger partial charge in [-0.05, 0) is 37.5 Å². The van der Waals surface area contributed by atoms with E-state index in [9.17, 15) is 18.0 Å². The summed E-state index contributed by atoms with van der Waals surface area (Å²) < 4.78 is 46.3. The van der Waals surface area contributed by atoms with Gasteiger partial charge in [-0.3, -0.25) is 4.79 Å². The van der Waals surface area contributed by atoms with Gasteiger partial charge < -0.3 is 20.5 Å². The highest BCUT2D eigenvalue weighted by Gasteiger charge is 2.29. The van der Waals surface area contributed by atoms with Crippen LogP contribution in [0.4, 0.5) is 13.2 Å². The Morgan fingerprint density at radius 2 is 2.00 bits per heavy atom. The zero-order chi connectivity index (χ0) is 18.2. The lowest BCUT2D eigenvalue weighted by atomic mass is 10.1. The lowest BCUT2D eigenvalue weighted by Crippen LogP contribution is -2.29. The number of nitrogens with one attached hydrogen (secondary N) is 1. The summed E-state index contributed by atoms with van der Waals surface area (Å²) in [4.78, 5) is 11.7. The largest absolute Gasteiger partial charge is 0.493 e. The number of carbonyl (C=O) groups excluding carboxylic acids is 1. The number of benzene rings is 1. The number of amides is 1. The van der Waals surface area contributed by atoms with Crippen molar-refractivity contribution in [2.24, 2.45) is 5.73 Å². The number of nitrogens with two attached hydrogens (primary N) is 1. The minimum atomic E-state index is -4.41. The normalized spacial score (nSPS) is 12.1. The molecule has 144 valence electrons. The Morgan fingerprint density at radius 1 is 1.32 bits per heavy atom. The zero-order valence-corrected chi connectivity index (χ0v) is 15.0. The molecule has 1 aromatic rings. The Bertz CT molecular complexity index is 540. The highest BCUT2D eigenvalue weighted by molar-refractivity contribution is 5.85. The molecule has 3 N–H and O–H groups in total. The van der Waals surface area contributed by atoms with E-state index in [2.05, 4.69) is 5.32 Å². The molecule has 0 fully saturated rings. The van der Waals surface area contributed by atoms with Crippen LogP contribution in [0, 0.1) is 0 Å². The molecule has 1 aromatic carbocycles. The molecule has 0 aliphatic carbocycles. The van der Waals surface area contributed by atoms with Crippen LogP contribution in [0.25, 0.3) is 0 Å². The van der Waals surface area contributed by atoms with Gasteiger partial charge >= 0.3 is 6.18 Å². The molecule has 0 saturated carbocycles. The number of ether oxygens (including phenoxy) is 2. The Kier molecular flexibility index (Phi) is 10.3. The fraction of sp³-hybridized carbons (Fsp3) is 0.562. The molecule has 0 aliphatic rings. The zero-order valence-electron chi connectivity index (χ0n) is 14.2. The van der Waals surface area contributed by atoms with Crippen LogP contribution in [0.15, 0.2) is 18.2 Å². The number of methoxy groups -OCH3 is 1. The SMILES string of the molecule is COc1cc(CCC(=O)NCCC(C)N)ccc1OCC(F)(F)F.Cl. The maximum atomic E-state index is 12.2. The number of aryl methyl sites for hydroxylation is 1. The molecule has 0 radical (unpaired) electrons. The van der Waals surface area contributed by atoms with Crippen molar-refractivity contribution < 1.29 is 27.4 Å². The van der Waals surface area contributed by atoms with Gasteiger partial charge in [0.05, 0.1) is 7.11 Å². The lowest BCUT2D eigenvalue weighted by molar-refractivity contribution is -0.153. The average molecular weight is 385 g/mol. The molecule has 0 bridgehead atoms. The molecule has 1 unspecified atom stereocenters. The van der Waals surface area contributed by atoms with Crippen molar-refractivity contribution >= 4 is 18.3 Å². The van der Waals surface area contributed by atoms with Crippen molar-refractivity contribution in [3.05, 3.63) is 23.8 Å². The molecule has 5 nitrogen and oxygen atoms in total. The fourth-order valence-electron chi connectivity index (χ4n) is 1.93. The summed E-state index contributed by atoms with van der Waals surface area (Å²) in [6.07, 6.45) is -3.00. The van der Waals surface area contributed by atoms with Gasteiger partial charge in [0.2, 0.25) is 5.91 Å². The second-order valence-electron chi connectivity index (χ2n) is 5.50. The van der Waals surface area contributed by atoms with Crippen LogP contribution in [0.5, 0.6) is 11.5 Å². The van der Waals surface area contributed by atoms with Crippen molar-refractivity contribution in [3.63, 3.8) is 0 Å². The lowest BCUT2D eigenvalue weighted by Gasteiger charge is -2.13. The molecular formula is C16H24ClF3N2O3. The molecular weight excluding hydrogens is 361 g/mol. The summed E-state index contributed by atoms with van der Waals surface area (Å²) in [7, 11) is 1.35. The third kappa shape index (κ3) is 10.0. The van der Waals surface area contributed by atoms with Crippen molar-refractivity contribution in [1.82, 2.24) is 5.32 Å². The van der Waals surface area contributed by atoms with Crippen LogP contribution in [-0.4, -0.2) is 38.4 Å². The third-order valence-electron chi connectivity index (χ3n) is 3.18. The van der Waals surface area contributed by atoms with E-state index in [0.717, 1.165) is 5.56 Å². The Labute approximate surface area is 151 Å². The topological polar surface area (TPSA) is 73.6 Å². The van der Waals surface area contributed by atoms with Gasteiger partial charge in [0, 0.05) is 19.0 Å². The van der Waals surface area contributed by atoms with Gasteiger partial charge in [-0.1, -0.05) is 6.07 Å². The standard InChI is InChI=1S/C16H23F3N2O3.ClH/c1-11(20)7-8-21-15(22)6-4-12-3-5-13(14(9-12)23-2)24-10-16(17,18)19;/h3,5,9,11H,4,6-8,10,20H2,1-2H3,(H,21,22);1H. The Balaban J connectivity index is 0.00000576. The van der Waals surface area contributed by atoms with Gasteiger partial charge in [-0.2, -0.15) is 13.2 Å². The minimum Gasteiger partial charge on any atom is -0.493 e. The predicted octanol–water partition coefficient (Wildman–Crippen LogP) is 2.84. The number of hydrogen-bond acceptors (Lipinski definition) is 4. The highest BCUT2D eigenvalue weighted by atomic mass is 35.5. The minimum absolute atomic E-state index is 0. The van der Waals surface area contributed by atoms with Gasteiger partial charge in [0.1, 0.15) is 0 Å². The van der Waals surface area contributed by atoms with E-state index in [1.807, 2.05) is 6.92 Å². The highest BCUT2D eigenvalue weighted by Crippen LogP contribution is 2.30. The first-order chi connectivity index (χ1) is 11.2. The van der Waals surface area contributed by atoms with Crippen LogP contribution >= 0.6 is 12.4 Å². The van der Waals surface area contributed by atoms with Crippen molar-refractivity contribution in [2.75, 3.05) is 20.3 Å². The van der Waals surface area contributed by atoms with Crippen LogP contribution in [0.3, 0.4) is 0 Å². The first-order valence-electron chi connectivity index (χ1n) is 7.60. The van der Waals surface area contributed by atoms with E-state index in [4.69, 9.17) is 15.2 Å². The number of halogens is 4. The van der Waals surface area contributed by atoms with Crippen LogP contribution in [0.2, 0.25) is 0 Å². The van der Waals surface area contributed by atoms with Crippen molar-refractivity contribution in [1.29, 1.82) is 0 Å². The van der Waals surface area contributed by atoms with Crippen LogP contribution < -0.4 is 20.5 Å². The van der Waals surface area contributed by atoms with Crippen LogP contribution in [0.1, 0.15) is 25.3 Å². The molecule has 9 heteroatoms. The smallest absolute Gasteiger partial charge is 0.422 e. The molecule has 1 atom stereocenters. The molecule has 0 spiro atoms. The maximum Gasteiger partial charge on any atom is 0.422 e. The Hall–Kier alpha value is -1.67. The average Bonchev–Trinajstić information content (AvgIpc) is 2.50. The van der Waals surface area contributed by atoms with Crippen molar-refractivity contribution in [3.8, 4) is 11.5 Å². The second-order valence-corrected chi connectivity index (χ2v) is 5.50. The number of rotatable bonds is 9. The molecule has 0 aliphatic heterocycles. The second kappa shape index (κ2) is 11.0. The summed E-state index contributed by atoms with van der Waals surface area (Å²) in [6.45, 7) is 0.996. The van der Waals surface area contributed by atoms with Gasteiger partial charge in [-0.25, -0.2) is 0 Å². The van der Waals surface area contributed by atoms with E-state index in [1.165, 1.54) is 13.2 Å². The van der Waals surface area contributed by atoms with Gasteiger partial charge in [0.15, 0.2) is 18.1 Å². The predicted molar refractivity (Wildman–Crippen MR) is 91.4 cm³/mol. The third-order valence-corrected chi connectivity index (χ3v) is 3.18. The molecule has 25 heavy (non-hydrogen) atoms. The number of hydrogen-bond donors (Lipinski definition) is 2. The Morgan fingerprint density at radius 3 is 2.56 bits per heavy atom. The van der Waals surface area contributed by atoms with E-state index in [-0.39, 0.29) is 42.3 Å². The first-order valence-corrected chi connectivity index (χ1v) is 7.60. The van der Waals surface area contributed by atoms with E-state index < -0.39 is 12.8 Å². The van der Waals surface area contributed by atoms with Gasteiger partial charge in [0.25, 0.3) is 0 Å². The molecule has 0 heterocycles. The summed E-state index contributed by atoms with van der Waals surface area (Å²) in [5.41, 5.74) is 6.37. The summed E-state index contributed by atoms with van der Waals surface area (Å²) >= 11 is 0. The quantitative estimate of drug-likeness (QED) is 0.686. The summed E-state index contributed by atoms with van der Waals surface area (Å²) in [6, 6.07) is 4.62.